The van der Waals surface area contributed by atoms with E-state index in [1.54, 1.807) is 7.05 Å². The van der Waals surface area contributed by atoms with Crippen LogP contribution in [0.2, 0.25) is 0 Å². The first-order chi connectivity index (χ1) is 9.62. The molecule has 1 unspecified atom stereocenters. The quantitative estimate of drug-likeness (QED) is 0.889. The number of aryl methyl sites for hydroxylation is 2. The molecule has 6 heteroatoms. The molecule has 1 aromatic rings. The Kier molecular flexibility index (Phi) is 5.21. The average molecular weight is 343 g/mol. The molecule has 5 nitrogen and oxygen atoms in total. The van der Waals surface area contributed by atoms with Gasteiger partial charge >= 0.3 is 0 Å². The molecule has 2 rings (SSSR count). The Morgan fingerprint density at radius 3 is 2.85 bits per heavy atom. The molecule has 2 heterocycles. The van der Waals surface area contributed by atoms with Crippen molar-refractivity contribution in [2.45, 2.75) is 52.2 Å². The van der Waals surface area contributed by atoms with E-state index in [9.17, 15) is 4.79 Å². The van der Waals surface area contributed by atoms with Crippen molar-refractivity contribution >= 4 is 21.8 Å². The second-order valence-electron chi connectivity index (χ2n) is 5.12. The largest absolute Gasteiger partial charge is 0.358 e. The van der Waals surface area contributed by atoms with Crippen LogP contribution in [-0.4, -0.2) is 40.2 Å². The monoisotopic (exact) mass is 342 g/mol. The van der Waals surface area contributed by atoms with Gasteiger partial charge in [-0.25, -0.2) is 0 Å². The second-order valence-corrected chi connectivity index (χ2v) is 5.91. The Bertz CT molecular complexity index is 486. The van der Waals surface area contributed by atoms with Crippen LogP contribution in [0.4, 0.5) is 0 Å². The van der Waals surface area contributed by atoms with Gasteiger partial charge in [-0.1, -0.05) is 6.92 Å². The molecule has 1 saturated heterocycles. The number of carbonyl (C=O) groups is 1. The molecular weight excluding hydrogens is 320 g/mol. The molecule has 0 spiro atoms. The second kappa shape index (κ2) is 6.72. The predicted molar refractivity (Wildman–Crippen MR) is 82.5 cm³/mol. The Morgan fingerprint density at radius 2 is 2.25 bits per heavy atom. The molecule has 0 radical (unpaired) electrons. The summed E-state index contributed by atoms with van der Waals surface area (Å²) in [6.07, 6.45) is 2.94. The molecule has 1 aliphatic heterocycles. The average Bonchev–Trinajstić information content (AvgIpc) is 3.04. The summed E-state index contributed by atoms with van der Waals surface area (Å²) in [6.45, 7) is 6.81. The van der Waals surface area contributed by atoms with E-state index in [1.165, 1.54) is 5.69 Å². The van der Waals surface area contributed by atoms with Crippen molar-refractivity contribution in [3.63, 3.8) is 0 Å². The molecule has 1 fully saturated rings. The zero-order valence-electron chi connectivity index (χ0n) is 12.4. The summed E-state index contributed by atoms with van der Waals surface area (Å²) in [7, 11) is 1.71. The summed E-state index contributed by atoms with van der Waals surface area (Å²) in [5.41, 5.74) is 2.28. The topological polar surface area (TPSA) is 50.2 Å². The van der Waals surface area contributed by atoms with E-state index in [0.29, 0.717) is 0 Å². The maximum Gasteiger partial charge on any atom is 0.237 e. The van der Waals surface area contributed by atoms with Gasteiger partial charge < -0.3 is 5.32 Å². The Balaban J connectivity index is 2.21. The number of likely N-dealkylation sites (N-methyl/N-ethyl adjacent to an activating group) is 1. The van der Waals surface area contributed by atoms with Crippen LogP contribution in [0, 0.1) is 0 Å². The first-order valence-electron chi connectivity index (χ1n) is 7.32. The van der Waals surface area contributed by atoms with E-state index in [1.807, 2.05) is 4.68 Å². The molecule has 1 aliphatic rings. The lowest BCUT2D eigenvalue weighted by molar-refractivity contribution is -0.125. The summed E-state index contributed by atoms with van der Waals surface area (Å²) in [5, 5.41) is 7.39. The van der Waals surface area contributed by atoms with Crippen LogP contribution in [-0.2, 0) is 24.3 Å². The SMILES string of the molecule is CCc1nn(CC)c(CN2CCCC2C(=O)NC)c1Br. The van der Waals surface area contributed by atoms with Gasteiger partial charge in [0.2, 0.25) is 5.91 Å². The fourth-order valence-electron chi connectivity index (χ4n) is 2.84. The maximum absolute atomic E-state index is 11.9. The van der Waals surface area contributed by atoms with E-state index < -0.39 is 0 Å². The third-order valence-electron chi connectivity index (χ3n) is 3.96. The van der Waals surface area contributed by atoms with E-state index in [0.717, 1.165) is 49.1 Å². The van der Waals surface area contributed by atoms with Gasteiger partial charge in [0.05, 0.1) is 21.9 Å². The Labute approximate surface area is 128 Å². The third-order valence-corrected chi connectivity index (χ3v) is 4.88. The van der Waals surface area contributed by atoms with Crippen LogP contribution in [0.25, 0.3) is 0 Å². The van der Waals surface area contributed by atoms with Gasteiger partial charge in [0, 0.05) is 20.1 Å². The fourth-order valence-corrected chi connectivity index (χ4v) is 3.53. The minimum atomic E-state index is -0.00261. The minimum Gasteiger partial charge on any atom is -0.358 e. The number of hydrogen-bond donors (Lipinski definition) is 1. The number of carbonyl (C=O) groups excluding carboxylic acids is 1. The van der Waals surface area contributed by atoms with Crippen molar-refractivity contribution in [1.82, 2.24) is 20.0 Å². The lowest BCUT2D eigenvalue weighted by atomic mass is 10.2. The molecule has 1 N–H and O–H groups in total. The molecule has 0 aliphatic carbocycles. The molecule has 0 bridgehead atoms. The van der Waals surface area contributed by atoms with E-state index >= 15 is 0 Å². The number of halogens is 1. The van der Waals surface area contributed by atoms with Gasteiger partial charge in [-0.2, -0.15) is 5.10 Å². The van der Waals surface area contributed by atoms with E-state index in [2.05, 4.69) is 45.1 Å². The van der Waals surface area contributed by atoms with Crippen molar-refractivity contribution in [3.05, 3.63) is 15.9 Å². The summed E-state index contributed by atoms with van der Waals surface area (Å²) in [6, 6.07) is -0.00261. The van der Waals surface area contributed by atoms with Gasteiger partial charge in [0.25, 0.3) is 0 Å². The van der Waals surface area contributed by atoms with Crippen LogP contribution in [0.1, 0.15) is 38.1 Å². The van der Waals surface area contributed by atoms with Crippen molar-refractivity contribution in [2.24, 2.45) is 0 Å². The van der Waals surface area contributed by atoms with Crippen LogP contribution in [0.5, 0.6) is 0 Å². The number of likely N-dealkylation sites (tertiary alicyclic amines) is 1. The van der Waals surface area contributed by atoms with Crippen molar-refractivity contribution in [2.75, 3.05) is 13.6 Å². The zero-order chi connectivity index (χ0) is 14.7. The molecule has 0 aromatic carbocycles. The zero-order valence-corrected chi connectivity index (χ0v) is 14.0. The number of nitrogens with zero attached hydrogens (tertiary/aromatic N) is 3. The highest BCUT2D eigenvalue weighted by atomic mass is 79.9. The number of aromatic nitrogens is 2. The smallest absolute Gasteiger partial charge is 0.237 e. The Morgan fingerprint density at radius 1 is 1.50 bits per heavy atom. The first-order valence-corrected chi connectivity index (χ1v) is 8.11. The third kappa shape index (κ3) is 2.91. The molecule has 0 saturated carbocycles. The number of hydrogen-bond acceptors (Lipinski definition) is 3. The van der Waals surface area contributed by atoms with Gasteiger partial charge in [-0.3, -0.25) is 14.4 Å². The molecule has 20 heavy (non-hydrogen) atoms. The van der Waals surface area contributed by atoms with Gasteiger partial charge in [0.1, 0.15) is 0 Å². The maximum atomic E-state index is 11.9. The highest BCUT2D eigenvalue weighted by Crippen LogP contribution is 2.27. The van der Waals surface area contributed by atoms with E-state index in [4.69, 9.17) is 0 Å². The highest BCUT2D eigenvalue weighted by molar-refractivity contribution is 9.10. The van der Waals surface area contributed by atoms with Gasteiger partial charge in [-0.15, -0.1) is 0 Å². The van der Waals surface area contributed by atoms with Crippen LogP contribution in [0.3, 0.4) is 0 Å². The van der Waals surface area contributed by atoms with E-state index in [-0.39, 0.29) is 11.9 Å². The molecule has 1 aromatic heterocycles. The molecule has 1 atom stereocenters. The number of nitrogens with one attached hydrogen (secondary N) is 1. The van der Waals surface area contributed by atoms with Crippen LogP contribution >= 0.6 is 15.9 Å². The first kappa shape index (κ1) is 15.5. The lowest BCUT2D eigenvalue weighted by Crippen LogP contribution is -2.41. The van der Waals surface area contributed by atoms with Crippen molar-refractivity contribution in [1.29, 1.82) is 0 Å². The van der Waals surface area contributed by atoms with Gasteiger partial charge in [-0.05, 0) is 48.7 Å². The summed E-state index contributed by atoms with van der Waals surface area (Å²) in [4.78, 5) is 14.2. The normalized spacial score (nSPS) is 19.5. The molecule has 112 valence electrons. The predicted octanol–water partition coefficient (Wildman–Crippen LogP) is 1.94. The Hall–Kier alpha value is -0.880. The lowest BCUT2D eigenvalue weighted by Gasteiger charge is -2.23. The van der Waals surface area contributed by atoms with Crippen molar-refractivity contribution < 1.29 is 4.79 Å². The summed E-state index contributed by atoms with van der Waals surface area (Å²) >= 11 is 3.67. The minimum absolute atomic E-state index is 0.00261. The summed E-state index contributed by atoms with van der Waals surface area (Å²) < 4.78 is 3.15. The van der Waals surface area contributed by atoms with Crippen LogP contribution < -0.4 is 5.32 Å². The van der Waals surface area contributed by atoms with Crippen molar-refractivity contribution in [3.8, 4) is 0 Å². The fraction of sp³-hybridized carbons (Fsp3) is 0.714. The standard InChI is InChI=1S/C14H23BrN4O/c1-4-10-13(15)12(19(5-2)17-10)9-18-8-6-7-11(18)14(20)16-3/h11H,4-9H2,1-3H3,(H,16,20). The molecule has 1 amide bonds. The van der Waals surface area contributed by atoms with Crippen LogP contribution in [0.15, 0.2) is 4.47 Å². The number of rotatable bonds is 5. The molecular formula is C14H23BrN4O. The summed E-state index contributed by atoms with van der Waals surface area (Å²) in [5.74, 6) is 0.122. The highest BCUT2D eigenvalue weighted by Gasteiger charge is 2.31. The van der Waals surface area contributed by atoms with Gasteiger partial charge in [0.15, 0.2) is 0 Å². The number of amides is 1.